The Balaban J connectivity index is 0.00000280. The summed E-state index contributed by atoms with van der Waals surface area (Å²) in [5, 5.41) is 3.34. The van der Waals surface area contributed by atoms with Crippen LogP contribution in [0.25, 0.3) is 0 Å². The molecule has 0 aromatic heterocycles. The minimum Gasteiger partial charge on any atom is -0.467 e. The lowest BCUT2D eigenvalue weighted by molar-refractivity contribution is -0.0172. The van der Waals surface area contributed by atoms with Crippen LogP contribution in [0.1, 0.15) is 22.3 Å². The second-order valence-electron chi connectivity index (χ2n) is 6.73. The molecule has 0 unspecified atom stereocenters. The van der Waals surface area contributed by atoms with E-state index in [-0.39, 0.29) is 36.6 Å². The van der Waals surface area contributed by atoms with Crippen LogP contribution in [0.2, 0.25) is 0 Å². The van der Waals surface area contributed by atoms with Crippen LogP contribution in [0.5, 0.6) is 5.75 Å². The second kappa shape index (κ2) is 10.6. The molecule has 152 valence electrons. The van der Waals surface area contributed by atoms with Crippen molar-refractivity contribution < 1.29 is 13.9 Å². The molecule has 1 heterocycles. The number of rotatable bonds is 5. The van der Waals surface area contributed by atoms with E-state index >= 15 is 0 Å². The summed E-state index contributed by atoms with van der Waals surface area (Å²) in [6.45, 7) is 4.06. The molecule has 7 heteroatoms. The quantitative estimate of drug-likeness (QED) is 0.386. The normalized spacial score (nSPS) is 13.2. The van der Waals surface area contributed by atoms with Crippen molar-refractivity contribution in [3.63, 3.8) is 0 Å². The molecular formula is C21H27FIN3O2. The van der Waals surface area contributed by atoms with Crippen LogP contribution in [0.15, 0.2) is 41.4 Å². The van der Waals surface area contributed by atoms with Crippen molar-refractivity contribution in [2.75, 3.05) is 27.4 Å². The Morgan fingerprint density at radius 1 is 1.25 bits per heavy atom. The molecule has 0 aliphatic carbocycles. The third-order valence-electron chi connectivity index (χ3n) is 4.54. The SMILES string of the molecule is CN=C(NCCc1cc(F)cc2c1OCOC2)N(C)Cc1ccc(C)cc1.I. The molecule has 1 N–H and O–H groups in total. The monoisotopic (exact) mass is 499 g/mol. The topological polar surface area (TPSA) is 46.1 Å². The van der Waals surface area contributed by atoms with Gasteiger partial charge < -0.3 is 19.7 Å². The van der Waals surface area contributed by atoms with E-state index < -0.39 is 0 Å². The summed E-state index contributed by atoms with van der Waals surface area (Å²) in [6, 6.07) is 11.5. The van der Waals surface area contributed by atoms with Crippen molar-refractivity contribution in [1.29, 1.82) is 0 Å². The molecule has 0 radical (unpaired) electrons. The molecule has 0 amide bonds. The maximum Gasteiger partial charge on any atom is 0.193 e. The van der Waals surface area contributed by atoms with Crippen LogP contribution in [0.4, 0.5) is 4.39 Å². The van der Waals surface area contributed by atoms with Crippen LogP contribution in [0.3, 0.4) is 0 Å². The highest BCUT2D eigenvalue weighted by molar-refractivity contribution is 14.0. The molecule has 0 fully saturated rings. The van der Waals surface area contributed by atoms with Crippen LogP contribution >= 0.6 is 24.0 Å². The van der Waals surface area contributed by atoms with Gasteiger partial charge in [-0.05, 0) is 36.6 Å². The van der Waals surface area contributed by atoms with E-state index in [1.165, 1.54) is 23.3 Å². The molecule has 1 aliphatic heterocycles. The van der Waals surface area contributed by atoms with Crippen LogP contribution in [-0.4, -0.2) is 38.3 Å². The van der Waals surface area contributed by atoms with Gasteiger partial charge in [-0.1, -0.05) is 29.8 Å². The minimum absolute atomic E-state index is 0. The van der Waals surface area contributed by atoms with Crippen LogP contribution in [-0.2, 0) is 24.3 Å². The zero-order chi connectivity index (χ0) is 19.2. The predicted octanol–water partition coefficient (Wildman–Crippen LogP) is 3.87. The van der Waals surface area contributed by atoms with E-state index in [1.807, 2.05) is 7.05 Å². The number of aryl methyl sites for hydroxylation is 1. The van der Waals surface area contributed by atoms with Gasteiger partial charge in [0, 0.05) is 32.7 Å². The molecule has 2 aromatic carbocycles. The lowest BCUT2D eigenvalue weighted by Crippen LogP contribution is -2.39. The average molecular weight is 499 g/mol. The van der Waals surface area contributed by atoms with Gasteiger partial charge in [0.15, 0.2) is 12.8 Å². The highest BCUT2D eigenvalue weighted by atomic mass is 127. The summed E-state index contributed by atoms with van der Waals surface area (Å²) < 4.78 is 24.6. The Kier molecular flexibility index (Phi) is 8.50. The highest BCUT2D eigenvalue weighted by Crippen LogP contribution is 2.29. The minimum atomic E-state index is -0.265. The Hall–Kier alpha value is -1.87. The summed E-state index contributed by atoms with van der Waals surface area (Å²) in [6.07, 6.45) is 0.636. The first-order valence-corrected chi connectivity index (χ1v) is 9.06. The maximum atomic E-state index is 13.8. The Labute approximate surface area is 183 Å². The number of fused-ring (bicyclic) bond motifs is 1. The van der Waals surface area contributed by atoms with E-state index in [4.69, 9.17) is 9.47 Å². The zero-order valence-corrected chi connectivity index (χ0v) is 18.8. The summed E-state index contributed by atoms with van der Waals surface area (Å²) in [4.78, 5) is 6.41. The first-order valence-electron chi connectivity index (χ1n) is 9.06. The van der Waals surface area contributed by atoms with Crippen molar-refractivity contribution in [3.05, 3.63) is 64.5 Å². The highest BCUT2D eigenvalue weighted by Gasteiger charge is 2.17. The predicted molar refractivity (Wildman–Crippen MR) is 120 cm³/mol. The number of halogens is 2. The molecule has 0 bridgehead atoms. The molecular weight excluding hydrogens is 472 g/mol. The van der Waals surface area contributed by atoms with Gasteiger partial charge in [-0.15, -0.1) is 24.0 Å². The standard InChI is InChI=1S/C21H26FN3O2.HI/c1-15-4-6-16(7-5-15)12-25(3)21(23-2)24-9-8-17-10-19(22)11-18-13-26-14-27-20(17)18;/h4-7,10-11H,8-9,12-14H2,1-3H3,(H,23,24);1H. The Morgan fingerprint density at radius 2 is 2.00 bits per heavy atom. The largest absolute Gasteiger partial charge is 0.467 e. The number of aliphatic imine (C=N–C) groups is 1. The van der Waals surface area contributed by atoms with E-state index in [2.05, 4.69) is 46.4 Å². The summed E-state index contributed by atoms with van der Waals surface area (Å²) >= 11 is 0. The van der Waals surface area contributed by atoms with Gasteiger partial charge in [-0.25, -0.2) is 4.39 Å². The fourth-order valence-electron chi connectivity index (χ4n) is 3.18. The fourth-order valence-corrected chi connectivity index (χ4v) is 3.18. The third kappa shape index (κ3) is 5.81. The van der Waals surface area contributed by atoms with Gasteiger partial charge in [-0.3, -0.25) is 4.99 Å². The van der Waals surface area contributed by atoms with E-state index in [0.717, 1.165) is 29.4 Å². The summed E-state index contributed by atoms with van der Waals surface area (Å²) in [5.74, 6) is 1.27. The smallest absolute Gasteiger partial charge is 0.193 e. The van der Waals surface area contributed by atoms with Gasteiger partial charge in [0.25, 0.3) is 0 Å². The van der Waals surface area contributed by atoms with Crippen LogP contribution in [0, 0.1) is 12.7 Å². The molecule has 3 rings (SSSR count). The van der Waals surface area contributed by atoms with Gasteiger partial charge in [0.05, 0.1) is 6.61 Å². The molecule has 1 aliphatic rings. The molecule has 0 spiro atoms. The number of hydrogen-bond acceptors (Lipinski definition) is 3. The fraction of sp³-hybridized carbons (Fsp3) is 0.381. The van der Waals surface area contributed by atoms with E-state index in [9.17, 15) is 4.39 Å². The lowest BCUT2D eigenvalue weighted by Gasteiger charge is -2.23. The molecule has 0 atom stereocenters. The number of ether oxygens (including phenoxy) is 2. The van der Waals surface area contributed by atoms with Crippen molar-refractivity contribution in [2.45, 2.75) is 26.5 Å². The number of nitrogens with one attached hydrogen (secondary N) is 1. The molecule has 2 aromatic rings. The third-order valence-corrected chi connectivity index (χ3v) is 4.54. The van der Waals surface area contributed by atoms with E-state index in [0.29, 0.717) is 19.6 Å². The van der Waals surface area contributed by atoms with Gasteiger partial charge in [0.1, 0.15) is 11.6 Å². The number of benzene rings is 2. The van der Waals surface area contributed by atoms with Crippen molar-refractivity contribution in [1.82, 2.24) is 10.2 Å². The van der Waals surface area contributed by atoms with E-state index in [1.54, 1.807) is 7.05 Å². The molecule has 0 saturated carbocycles. The van der Waals surface area contributed by atoms with Crippen molar-refractivity contribution >= 4 is 29.9 Å². The number of hydrogen-bond donors (Lipinski definition) is 1. The maximum absolute atomic E-state index is 13.8. The summed E-state index contributed by atoms with van der Waals surface area (Å²) in [7, 11) is 3.76. The molecule has 0 saturated heterocycles. The molecule has 28 heavy (non-hydrogen) atoms. The van der Waals surface area contributed by atoms with Crippen molar-refractivity contribution in [3.8, 4) is 5.75 Å². The average Bonchev–Trinajstić information content (AvgIpc) is 2.66. The lowest BCUT2D eigenvalue weighted by atomic mass is 10.1. The van der Waals surface area contributed by atoms with Gasteiger partial charge >= 0.3 is 0 Å². The first-order chi connectivity index (χ1) is 13.1. The van der Waals surface area contributed by atoms with Crippen LogP contribution < -0.4 is 10.1 Å². The van der Waals surface area contributed by atoms with Crippen molar-refractivity contribution in [2.24, 2.45) is 4.99 Å². The second-order valence-corrected chi connectivity index (χ2v) is 6.73. The molecule has 5 nitrogen and oxygen atoms in total. The van der Waals surface area contributed by atoms with Gasteiger partial charge in [-0.2, -0.15) is 0 Å². The Morgan fingerprint density at radius 3 is 2.71 bits per heavy atom. The zero-order valence-electron chi connectivity index (χ0n) is 16.5. The first kappa shape index (κ1) is 22.4. The van der Waals surface area contributed by atoms with Gasteiger partial charge in [0.2, 0.25) is 0 Å². The number of guanidine groups is 1. The number of nitrogens with zero attached hydrogens (tertiary/aromatic N) is 2. The summed E-state index contributed by atoms with van der Waals surface area (Å²) in [5.41, 5.74) is 4.07. The Bertz CT molecular complexity index is 812.